The van der Waals surface area contributed by atoms with Gasteiger partial charge in [0.05, 0.1) is 87.9 Å². The zero-order valence-corrected chi connectivity index (χ0v) is 38.6. The maximum absolute atomic E-state index is 14.0. The summed E-state index contributed by atoms with van der Waals surface area (Å²) in [6.45, 7) is 7.48. The van der Waals surface area contributed by atoms with Crippen LogP contribution in [0, 0.1) is 6.92 Å². The average molecular weight is 925 g/mol. The normalized spacial score (nSPS) is 16.4. The van der Waals surface area contributed by atoms with E-state index in [9.17, 15) is 14.4 Å². The zero-order valence-electron chi connectivity index (χ0n) is 38.6. The van der Waals surface area contributed by atoms with Gasteiger partial charge in [0.15, 0.2) is 17.3 Å². The number of hydrogen-bond acceptors (Lipinski definition) is 13. The highest BCUT2D eigenvalue weighted by Gasteiger charge is 2.38. The number of benzene rings is 5. The van der Waals surface area contributed by atoms with Crippen molar-refractivity contribution >= 4 is 46.6 Å². The van der Waals surface area contributed by atoms with Crippen molar-refractivity contribution in [3.8, 4) is 23.0 Å². The summed E-state index contributed by atoms with van der Waals surface area (Å²) in [6, 6.07) is 29.0. The Kier molecular flexibility index (Phi) is 14.6. The van der Waals surface area contributed by atoms with Gasteiger partial charge in [-0.3, -0.25) is 24.3 Å². The van der Waals surface area contributed by atoms with Crippen molar-refractivity contribution in [3.05, 3.63) is 130 Å². The third kappa shape index (κ3) is 10.5. The summed E-state index contributed by atoms with van der Waals surface area (Å²) in [6.07, 6.45) is 3.33. The standard InChI is InChI=1S/C53H56N4O11/c1-34-20-43-45(54-29-40-24-38-8-4-6-10-47(38)56(40)52(43)59)27-49(34)67-32-36-21-37(23-42(22-36)66-19-18-64-15-14-62-12-13-63-16-17-65-31-35(2)58)33-68-51-28-46-44(26-50(51)61-3)53(60)57-41(30-55-46)25-39-9-5-7-11-48(39)57/h4-11,20-23,26-28,30,40-41,54H,12-19,24-25,29,31-33H2,1-3H3/t40-,41-/m0/s1. The fraction of sp³-hybridized carbons (Fsp3) is 0.358. The molecule has 2 atom stereocenters. The van der Waals surface area contributed by atoms with E-state index in [0.717, 1.165) is 45.7 Å². The number of carbonyl (C=O) groups is 3. The number of fused-ring (bicyclic) bond motifs is 8. The lowest BCUT2D eigenvalue weighted by Crippen LogP contribution is -2.39. The summed E-state index contributed by atoms with van der Waals surface area (Å²) in [5, 5.41) is 3.53. The van der Waals surface area contributed by atoms with E-state index in [4.69, 9.17) is 42.9 Å². The molecule has 2 amide bonds. The van der Waals surface area contributed by atoms with Crippen LogP contribution in [0.15, 0.2) is 96.0 Å². The summed E-state index contributed by atoms with van der Waals surface area (Å²) in [5.74, 6) is 1.93. The van der Waals surface area contributed by atoms with E-state index in [-0.39, 0.29) is 56.1 Å². The predicted molar refractivity (Wildman–Crippen MR) is 257 cm³/mol. The van der Waals surface area contributed by atoms with Gasteiger partial charge >= 0.3 is 0 Å². The molecule has 68 heavy (non-hydrogen) atoms. The largest absolute Gasteiger partial charge is 0.493 e. The highest BCUT2D eigenvalue weighted by Crippen LogP contribution is 2.42. The van der Waals surface area contributed by atoms with Crippen LogP contribution in [0.5, 0.6) is 23.0 Å². The Bertz CT molecular complexity index is 2690. The summed E-state index contributed by atoms with van der Waals surface area (Å²) in [4.78, 5) is 47.5. The number of anilines is 3. The Balaban J connectivity index is 0.860. The van der Waals surface area contributed by atoms with E-state index in [1.165, 1.54) is 12.5 Å². The Morgan fingerprint density at radius 2 is 1.28 bits per heavy atom. The molecule has 354 valence electrons. The van der Waals surface area contributed by atoms with Crippen molar-refractivity contribution in [1.82, 2.24) is 0 Å². The van der Waals surface area contributed by atoms with Crippen LogP contribution in [0.2, 0.25) is 0 Å². The first kappa shape index (κ1) is 46.3. The molecule has 0 unspecified atom stereocenters. The van der Waals surface area contributed by atoms with Crippen molar-refractivity contribution in [3.63, 3.8) is 0 Å². The van der Waals surface area contributed by atoms with E-state index in [1.54, 1.807) is 24.1 Å². The van der Waals surface area contributed by atoms with Crippen LogP contribution in [0.25, 0.3) is 0 Å². The van der Waals surface area contributed by atoms with Crippen LogP contribution >= 0.6 is 0 Å². The van der Waals surface area contributed by atoms with Crippen molar-refractivity contribution in [2.24, 2.45) is 4.99 Å². The molecule has 4 heterocycles. The van der Waals surface area contributed by atoms with Gasteiger partial charge in [0.1, 0.15) is 37.9 Å². The summed E-state index contributed by atoms with van der Waals surface area (Å²) < 4.78 is 46.9. The molecule has 0 bridgehead atoms. The fourth-order valence-electron chi connectivity index (χ4n) is 9.01. The lowest BCUT2D eigenvalue weighted by Gasteiger charge is -2.22. The van der Waals surface area contributed by atoms with Crippen LogP contribution in [-0.2, 0) is 49.8 Å². The number of rotatable bonds is 22. The molecular formula is C53H56N4O11. The van der Waals surface area contributed by atoms with Gasteiger partial charge in [-0.1, -0.05) is 36.4 Å². The lowest BCUT2D eigenvalue weighted by atomic mass is 10.1. The number of aliphatic imine (C=N–C) groups is 1. The number of amides is 2. The molecule has 15 heteroatoms. The SMILES string of the molecule is COc1cc2c(cc1OCc1cc(COc3cc4c(cc3C)C(=O)N3c5ccccc5C[C@H]3CN4)cc(OCCOCCOCCOCCOCC(C)=O)c1)N=C[C@@H]1Cc3ccccc3N1C2=O. The number of ether oxygens (including phenoxy) is 8. The minimum atomic E-state index is -0.184. The van der Waals surface area contributed by atoms with Crippen LogP contribution in [0.1, 0.15) is 55.5 Å². The van der Waals surface area contributed by atoms with Gasteiger partial charge in [0.2, 0.25) is 0 Å². The molecule has 4 aliphatic heterocycles. The van der Waals surface area contributed by atoms with Gasteiger partial charge in [-0.15, -0.1) is 0 Å². The first-order valence-electron chi connectivity index (χ1n) is 23.0. The number of para-hydroxylation sites is 2. The molecule has 5 aromatic rings. The molecule has 15 nitrogen and oxygen atoms in total. The molecule has 5 aromatic carbocycles. The highest BCUT2D eigenvalue weighted by molar-refractivity contribution is 6.15. The third-order valence-corrected chi connectivity index (χ3v) is 12.2. The monoisotopic (exact) mass is 924 g/mol. The van der Waals surface area contributed by atoms with Gasteiger partial charge in [-0.25, -0.2) is 0 Å². The molecular weight excluding hydrogens is 869 g/mol. The number of hydrogen-bond donors (Lipinski definition) is 1. The van der Waals surface area contributed by atoms with Gasteiger partial charge in [0.25, 0.3) is 11.8 Å². The maximum Gasteiger partial charge on any atom is 0.261 e. The summed E-state index contributed by atoms with van der Waals surface area (Å²) in [5.41, 5.74) is 8.94. The van der Waals surface area contributed by atoms with Gasteiger partial charge in [-0.2, -0.15) is 0 Å². The third-order valence-electron chi connectivity index (χ3n) is 12.2. The van der Waals surface area contributed by atoms with Crippen molar-refractivity contribution in [1.29, 1.82) is 0 Å². The predicted octanol–water partition coefficient (Wildman–Crippen LogP) is 7.48. The van der Waals surface area contributed by atoms with Crippen molar-refractivity contribution in [2.45, 2.75) is 52.0 Å². The van der Waals surface area contributed by atoms with Gasteiger partial charge < -0.3 is 48.1 Å². The van der Waals surface area contributed by atoms with E-state index in [0.29, 0.717) is 99.0 Å². The van der Waals surface area contributed by atoms with Crippen LogP contribution < -0.4 is 34.1 Å². The van der Waals surface area contributed by atoms with Gasteiger partial charge in [-0.05, 0) is 90.6 Å². The molecule has 4 aliphatic rings. The maximum atomic E-state index is 14.0. The molecule has 0 spiro atoms. The summed E-state index contributed by atoms with van der Waals surface area (Å²) in [7, 11) is 1.55. The molecule has 9 rings (SSSR count). The highest BCUT2D eigenvalue weighted by atomic mass is 16.6. The van der Waals surface area contributed by atoms with E-state index in [2.05, 4.69) is 11.4 Å². The first-order chi connectivity index (χ1) is 33.2. The fourth-order valence-corrected chi connectivity index (χ4v) is 9.01. The number of ketones is 1. The molecule has 0 fully saturated rings. The average Bonchev–Trinajstić information content (AvgIpc) is 3.84. The molecule has 0 saturated heterocycles. The van der Waals surface area contributed by atoms with E-state index < -0.39 is 0 Å². The Morgan fingerprint density at radius 1 is 0.662 bits per heavy atom. The molecule has 0 aliphatic carbocycles. The van der Waals surface area contributed by atoms with E-state index >= 15 is 0 Å². The van der Waals surface area contributed by atoms with Crippen LogP contribution in [-0.4, -0.2) is 109 Å². The topological polar surface area (TPSA) is 156 Å². The zero-order chi connectivity index (χ0) is 47.0. The number of aryl methyl sites for hydroxylation is 1. The number of nitrogens with zero attached hydrogens (tertiary/aromatic N) is 3. The number of carbonyl (C=O) groups excluding carboxylic acids is 3. The second-order valence-corrected chi connectivity index (χ2v) is 17.1. The molecule has 1 N–H and O–H groups in total. The number of Topliss-reactive ketones (excluding diaryl/α,β-unsaturated/α-hetero) is 1. The summed E-state index contributed by atoms with van der Waals surface area (Å²) >= 11 is 0. The molecule has 0 aromatic heterocycles. The van der Waals surface area contributed by atoms with Gasteiger partial charge in [0, 0.05) is 42.7 Å². The smallest absolute Gasteiger partial charge is 0.261 e. The quantitative estimate of drug-likeness (QED) is 0.0685. The minimum Gasteiger partial charge on any atom is -0.493 e. The number of methoxy groups -OCH3 is 1. The Morgan fingerprint density at radius 3 is 1.97 bits per heavy atom. The van der Waals surface area contributed by atoms with E-state index in [1.807, 2.05) is 90.8 Å². The van der Waals surface area contributed by atoms with Crippen molar-refractivity contribution in [2.75, 3.05) is 88.2 Å². The van der Waals surface area contributed by atoms with Crippen molar-refractivity contribution < 1.29 is 52.3 Å². The first-order valence-corrected chi connectivity index (χ1v) is 23.0. The van der Waals surface area contributed by atoms with Crippen LogP contribution in [0.3, 0.4) is 0 Å². The van der Waals surface area contributed by atoms with Crippen LogP contribution in [0.4, 0.5) is 22.7 Å². The molecule has 0 saturated carbocycles. The lowest BCUT2D eigenvalue weighted by molar-refractivity contribution is -0.122. The Labute approximate surface area is 395 Å². The Hall–Kier alpha value is -6.78. The minimum absolute atomic E-state index is 0.0198. The number of nitrogens with one attached hydrogen (secondary N) is 1. The second kappa shape index (κ2) is 21.5. The molecule has 0 radical (unpaired) electrons. The second-order valence-electron chi connectivity index (χ2n) is 17.1.